The number of aromatic nitrogens is 4. The highest BCUT2D eigenvalue weighted by molar-refractivity contribution is 6.10. The first-order valence-corrected chi connectivity index (χ1v) is 12.3. The molecule has 10 heteroatoms. The summed E-state index contributed by atoms with van der Waals surface area (Å²) in [4.78, 5) is 26.9. The molecular weight excluding hydrogens is 468 g/mol. The van der Waals surface area contributed by atoms with Gasteiger partial charge in [-0.2, -0.15) is 10.2 Å². The Hall–Kier alpha value is -4.78. The van der Waals surface area contributed by atoms with Gasteiger partial charge in [-0.1, -0.05) is 12.1 Å². The first-order chi connectivity index (χ1) is 18.1. The molecule has 10 nitrogen and oxygen atoms in total. The smallest absolute Gasteiger partial charge is 0.263 e. The maximum atomic E-state index is 13.8. The zero-order valence-electron chi connectivity index (χ0n) is 20.3. The van der Waals surface area contributed by atoms with Crippen LogP contribution in [0.1, 0.15) is 35.7 Å². The zero-order chi connectivity index (χ0) is 25.4. The van der Waals surface area contributed by atoms with Gasteiger partial charge in [0.15, 0.2) is 0 Å². The summed E-state index contributed by atoms with van der Waals surface area (Å²) in [6.07, 6.45) is 3.66. The molecule has 1 N–H and O–H groups in total. The number of rotatable bonds is 5. The van der Waals surface area contributed by atoms with Gasteiger partial charge in [0.1, 0.15) is 11.4 Å². The van der Waals surface area contributed by atoms with Crippen molar-refractivity contribution in [3.05, 3.63) is 65.9 Å². The van der Waals surface area contributed by atoms with Crippen LogP contribution in [0.4, 0.5) is 17.5 Å². The Bertz CT molecular complexity index is 1520. The predicted molar refractivity (Wildman–Crippen MR) is 138 cm³/mol. The first-order valence-electron chi connectivity index (χ1n) is 12.3. The van der Waals surface area contributed by atoms with Crippen LogP contribution in [0.2, 0.25) is 0 Å². The Balaban J connectivity index is 1.34. The third-order valence-corrected chi connectivity index (χ3v) is 6.69. The number of amides is 1. The Labute approximate surface area is 213 Å². The number of nitrogens with zero attached hydrogens (tertiary/aromatic N) is 7. The maximum Gasteiger partial charge on any atom is 0.263 e. The average molecular weight is 493 g/mol. The number of nitrogens with one attached hydrogen (secondary N) is 1. The Morgan fingerprint density at radius 2 is 1.92 bits per heavy atom. The molecule has 0 radical (unpaired) electrons. The molecule has 37 heavy (non-hydrogen) atoms. The molecule has 1 atom stereocenters. The van der Waals surface area contributed by atoms with Crippen LogP contribution in [-0.2, 0) is 0 Å². The number of fused-ring (bicyclic) bond motifs is 3. The SMILES string of the molecule is CCNc1ncc2c(n1)N1CCCC1CN(c1cccc(-c3nnc(-c4cccc(C#N)c4)o3)c1)C2=O. The minimum atomic E-state index is -0.135. The number of carbonyl (C=O) groups excluding carboxylic acids is 1. The summed E-state index contributed by atoms with van der Waals surface area (Å²) >= 11 is 0. The second kappa shape index (κ2) is 9.35. The molecule has 6 rings (SSSR count). The molecule has 184 valence electrons. The van der Waals surface area contributed by atoms with Gasteiger partial charge in [-0.25, -0.2) is 4.98 Å². The molecule has 2 aliphatic rings. The molecule has 0 spiro atoms. The molecule has 4 heterocycles. The van der Waals surface area contributed by atoms with E-state index in [0.29, 0.717) is 58.9 Å². The second-order valence-electron chi connectivity index (χ2n) is 9.02. The van der Waals surface area contributed by atoms with E-state index in [0.717, 1.165) is 25.1 Å². The van der Waals surface area contributed by atoms with Crippen LogP contribution >= 0.6 is 0 Å². The van der Waals surface area contributed by atoms with E-state index in [-0.39, 0.29) is 11.9 Å². The Morgan fingerprint density at radius 1 is 1.14 bits per heavy atom. The van der Waals surface area contributed by atoms with Gasteiger partial charge < -0.3 is 19.5 Å². The quantitative estimate of drug-likeness (QED) is 0.438. The monoisotopic (exact) mass is 492 g/mol. The highest BCUT2D eigenvalue weighted by Gasteiger charge is 2.37. The Morgan fingerprint density at radius 3 is 2.70 bits per heavy atom. The standard InChI is InChI=1S/C27H24N8O2/c1-2-29-27-30-15-22-23(31-27)34-11-5-10-21(34)16-35(26(22)36)20-9-4-8-19(13-20)25-33-32-24(37-25)18-7-3-6-17(12-18)14-28/h3-4,6-9,12-13,15,21H,2,5,10-11,16H2,1H3,(H,29,30,31). The minimum Gasteiger partial charge on any atom is -0.416 e. The summed E-state index contributed by atoms with van der Waals surface area (Å²) in [5, 5.41) is 20.7. The van der Waals surface area contributed by atoms with Gasteiger partial charge in [0.2, 0.25) is 17.7 Å². The fourth-order valence-electron chi connectivity index (χ4n) is 4.94. The molecule has 1 fully saturated rings. The molecule has 0 bridgehead atoms. The highest BCUT2D eigenvalue weighted by Crippen LogP contribution is 2.35. The lowest BCUT2D eigenvalue weighted by Gasteiger charge is -2.27. The van der Waals surface area contributed by atoms with Gasteiger partial charge in [0, 0.05) is 48.7 Å². The summed E-state index contributed by atoms with van der Waals surface area (Å²) in [7, 11) is 0. The van der Waals surface area contributed by atoms with Crippen molar-refractivity contribution >= 4 is 23.4 Å². The van der Waals surface area contributed by atoms with Crippen molar-refractivity contribution in [2.75, 3.05) is 34.8 Å². The molecule has 0 aliphatic carbocycles. The van der Waals surface area contributed by atoms with Crippen LogP contribution in [0, 0.1) is 11.3 Å². The number of hydrogen-bond acceptors (Lipinski definition) is 9. The summed E-state index contributed by atoms with van der Waals surface area (Å²) in [6, 6.07) is 16.9. The highest BCUT2D eigenvalue weighted by atomic mass is 16.4. The molecule has 2 aliphatic heterocycles. The van der Waals surface area contributed by atoms with Crippen LogP contribution in [0.15, 0.2) is 59.1 Å². The van der Waals surface area contributed by atoms with Crippen LogP contribution < -0.4 is 15.1 Å². The first kappa shape index (κ1) is 22.7. The number of hydrogen-bond donors (Lipinski definition) is 1. The van der Waals surface area contributed by atoms with E-state index >= 15 is 0 Å². The van der Waals surface area contributed by atoms with Crippen LogP contribution in [-0.4, -0.2) is 51.7 Å². The van der Waals surface area contributed by atoms with E-state index < -0.39 is 0 Å². The summed E-state index contributed by atoms with van der Waals surface area (Å²) in [5.74, 6) is 1.75. The number of nitriles is 1. The van der Waals surface area contributed by atoms with Gasteiger partial charge in [-0.15, -0.1) is 10.2 Å². The van der Waals surface area contributed by atoms with Gasteiger partial charge in [-0.05, 0) is 56.2 Å². The van der Waals surface area contributed by atoms with Crippen LogP contribution in [0.25, 0.3) is 22.9 Å². The summed E-state index contributed by atoms with van der Waals surface area (Å²) in [6.45, 7) is 4.10. The van der Waals surface area contributed by atoms with Crippen molar-refractivity contribution in [2.45, 2.75) is 25.8 Å². The van der Waals surface area contributed by atoms with Gasteiger partial charge in [0.05, 0.1) is 11.6 Å². The van der Waals surface area contributed by atoms with Gasteiger partial charge in [-0.3, -0.25) is 4.79 Å². The van der Waals surface area contributed by atoms with E-state index in [1.54, 1.807) is 29.3 Å². The van der Waals surface area contributed by atoms with E-state index in [1.165, 1.54) is 0 Å². The third-order valence-electron chi connectivity index (χ3n) is 6.69. The number of anilines is 3. The normalized spacial score (nSPS) is 16.6. The molecule has 0 saturated carbocycles. The maximum absolute atomic E-state index is 13.8. The lowest BCUT2D eigenvalue weighted by molar-refractivity contribution is 0.0988. The van der Waals surface area contributed by atoms with Gasteiger partial charge in [0.25, 0.3) is 5.91 Å². The van der Waals surface area contributed by atoms with E-state index in [2.05, 4.69) is 31.5 Å². The molecule has 1 unspecified atom stereocenters. The molecule has 1 amide bonds. The largest absolute Gasteiger partial charge is 0.416 e. The molecule has 2 aromatic carbocycles. The number of carbonyl (C=O) groups is 1. The van der Waals surface area contributed by atoms with Crippen molar-refractivity contribution in [3.63, 3.8) is 0 Å². The zero-order valence-corrected chi connectivity index (χ0v) is 20.3. The molecule has 2 aromatic heterocycles. The van der Waals surface area contributed by atoms with Crippen molar-refractivity contribution < 1.29 is 9.21 Å². The van der Waals surface area contributed by atoms with E-state index in [1.807, 2.05) is 37.3 Å². The minimum absolute atomic E-state index is 0.135. The van der Waals surface area contributed by atoms with Crippen molar-refractivity contribution in [1.82, 2.24) is 20.2 Å². The lowest BCUT2D eigenvalue weighted by Crippen LogP contribution is -2.39. The average Bonchev–Trinajstić information content (AvgIpc) is 3.60. The summed E-state index contributed by atoms with van der Waals surface area (Å²) < 4.78 is 5.94. The lowest BCUT2D eigenvalue weighted by atomic mass is 10.1. The van der Waals surface area contributed by atoms with Crippen LogP contribution in [0.5, 0.6) is 0 Å². The van der Waals surface area contributed by atoms with Crippen LogP contribution in [0.3, 0.4) is 0 Å². The van der Waals surface area contributed by atoms with Gasteiger partial charge >= 0.3 is 0 Å². The molecule has 4 aromatic rings. The second-order valence-corrected chi connectivity index (χ2v) is 9.02. The predicted octanol–water partition coefficient (Wildman–Crippen LogP) is 4.13. The van der Waals surface area contributed by atoms with Crippen molar-refractivity contribution in [2.24, 2.45) is 0 Å². The fourth-order valence-corrected chi connectivity index (χ4v) is 4.94. The third kappa shape index (κ3) is 4.14. The topological polar surface area (TPSA) is 124 Å². The van der Waals surface area contributed by atoms with Crippen molar-refractivity contribution in [1.29, 1.82) is 5.26 Å². The Kier molecular flexibility index (Phi) is 5.73. The van der Waals surface area contributed by atoms with E-state index in [9.17, 15) is 10.1 Å². The molecular formula is C27H24N8O2. The number of benzene rings is 2. The van der Waals surface area contributed by atoms with Crippen molar-refractivity contribution in [3.8, 4) is 29.0 Å². The van der Waals surface area contributed by atoms with E-state index in [4.69, 9.17) is 9.40 Å². The fraction of sp³-hybridized carbons (Fsp3) is 0.259. The summed E-state index contributed by atoms with van der Waals surface area (Å²) in [5.41, 5.74) is 3.12. The molecule has 1 saturated heterocycles.